The molecule has 0 aliphatic heterocycles. The minimum atomic E-state index is -0.0885. The molecule has 0 unspecified atom stereocenters. The zero-order valence-electron chi connectivity index (χ0n) is 13.4. The maximum absolute atomic E-state index is 9.82. The Morgan fingerprint density at radius 2 is 1.85 bits per heavy atom. The first kappa shape index (κ1) is 15.6. The molecule has 0 bridgehead atoms. The van der Waals surface area contributed by atoms with E-state index < -0.39 is 0 Å². The average Bonchev–Trinajstić information content (AvgIpc) is 2.45. The second kappa shape index (κ2) is 6.76. The smallest absolute Gasteiger partial charge is 0.0546 e. The summed E-state index contributed by atoms with van der Waals surface area (Å²) < 4.78 is 0. The van der Waals surface area contributed by atoms with Gasteiger partial charge in [0, 0.05) is 0 Å². The highest BCUT2D eigenvalue weighted by Crippen LogP contribution is 2.35. The summed E-state index contributed by atoms with van der Waals surface area (Å²) in [7, 11) is 0. The van der Waals surface area contributed by atoms with Crippen molar-refractivity contribution < 1.29 is 5.11 Å². The normalized spacial score (nSPS) is 23.8. The third-order valence-corrected chi connectivity index (χ3v) is 4.97. The van der Waals surface area contributed by atoms with Gasteiger partial charge in [-0.2, -0.15) is 0 Å². The Balaban J connectivity index is 2.05. The molecule has 1 fully saturated rings. The first-order valence-electron chi connectivity index (χ1n) is 8.31. The van der Waals surface area contributed by atoms with Gasteiger partial charge < -0.3 is 5.11 Å². The molecule has 2 atom stereocenters. The maximum atomic E-state index is 9.82. The lowest BCUT2D eigenvalue weighted by Gasteiger charge is -2.28. The quantitative estimate of drug-likeness (QED) is 0.785. The van der Waals surface area contributed by atoms with Crippen molar-refractivity contribution in [1.29, 1.82) is 0 Å². The van der Waals surface area contributed by atoms with Gasteiger partial charge in [0.25, 0.3) is 0 Å². The fourth-order valence-electron chi connectivity index (χ4n) is 3.44. The van der Waals surface area contributed by atoms with E-state index in [4.69, 9.17) is 0 Å². The largest absolute Gasteiger partial charge is 0.393 e. The third-order valence-electron chi connectivity index (χ3n) is 4.97. The van der Waals surface area contributed by atoms with E-state index in [0.29, 0.717) is 5.92 Å². The second-order valence-corrected chi connectivity index (χ2v) is 7.13. The number of rotatable bonds is 5. The van der Waals surface area contributed by atoms with Crippen molar-refractivity contribution in [2.45, 2.75) is 83.2 Å². The Hall–Kier alpha value is -0.820. The topological polar surface area (TPSA) is 20.2 Å². The Morgan fingerprint density at radius 1 is 1.15 bits per heavy atom. The molecule has 0 aromatic heterocycles. The number of aliphatic hydroxyl groups is 1. The van der Waals surface area contributed by atoms with E-state index in [1.807, 2.05) is 0 Å². The number of hydrogen-bond acceptors (Lipinski definition) is 1. The van der Waals surface area contributed by atoms with E-state index >= 15 is 0 Å². The molecule has 1 aromatic rings. The number of hydrogen-bond donors (Lipinski definition) is 1. The van der Waals surface area contributed by atoms with Gasteiger partial charge in [-0.15, -0.1) is 0 Å². The summed E-state index contributed by atoms with van der Waals surface area (Å²) in [6.07, 6.45) is 8.05. The monoisotopic (exact) mass is 274 g/mol. The van der Waals surface area contributed by atoms with Crippen molar-refractivity contribution in [3.8, 4) is 0 Å². The summed E-state index contributed by atoms with van der Waals surface area (Å²) in [5.41, 5.74) is 3.14. The molecule has 0 spiro atoms. The summed E-state index contributed by atoms with van der Waals surface area (Å²) in [6, 6.07) is 9.22. The molecule has 0 amide bonds. The van der Waals surface area contributed by atoms with Crippen LogP contribution in [0.1, 0.15) is 82.8 Å². The fraction of sp³-hybridized carbons (Fsp3) is 0.684. The molecule has 1 nitrogen and oxygen atoms in total. The fourth-order valence-corrected chi connectivity index (χ4v) is 3.44. The molecule has 1 saturated carbocycles. The van der Waals surface area contributed by atoms with Gasteiger partial charge in [0.2, 0.25) is 0 Å². The SMILES string of the molecule is CCCCC(C)(C)c1ccc([C@H]2CCC[C@@H](O)C2)cc1. The van der Waals surface area contributed by atoms with Crippen LogP contribution in [-0.2, 0) is 5.41 Å². The first-order chi connectivity index (χ1) is 9.53. The Bertz CT molecular complexity index is 404. The molecule has 1 aliphatic rings. The van der Waals surface area contributed by atoms with E-state index in [-0.39, 0.29) is 11.5 Å². The van der Waals surface area contributed by atoms with Gasteiger partial charge >= 0.3 is 0 Å². The molecule has 0 saturated heterocycles. The molecule has 1 heteroatoms. The van der Waals surface area contributed by atoms with Crippen LogP contribution < -0.4 is 0 Å². The van der Waals surface area contributed by atoms with Gasteiger partial charge in [-0.3, -0.25) is 0 Å². The van der Waals surface area contributed by atoms with Gasteiger partial charge in [-0.05, 0) is 48.1 Å². The van der Waals surface area contributed by atoms with Crippen LogP contribution in [0.25, 0.3) is 0 Å². The van der Waals surface area contributed by atoms with Crippen LogP contribution in [0.5, 0.6) is 0 Å². The Labute approximate surface area is 124 Å². The summed E-state index contributed by atoms with van der Waals surface area (Å²) in [5, 5.41) is 9.82. The maximum Gasteiger partial charge on any atom is 0.0546 e. The Kier molecular flexibility index (Phi) is 5.26. The number of benzene rings is 1. The predicted octanol–water partition coefficient (Wildman–Crippen LogP) is 5.17. The summed E-state index contributed by atoms with van der Waals surface area (Å²) >= 11 is 0. The van der Waals surface area contributed by atoms with Crippen LogP contribution in [0, 0.1) is 0 Å². The number of unbranched alkanes of at least 4 members (excludes halogenated alkanes) is 1. The van der Waals surface area contributed by atoms with Crippen molar-refractivity contribution in [2.75, 3.05) is 0 Å². The highest BCUT2D eigenvalue weighted by Gasteiger charge is 2.23. The van der Waals surface area contributed by atoms with E-state index in [9.17, 15) is 5.11 Å². The highest BCUT2D eigenvalue weighted by molar-refractivity contribution is 5.30. The third kappa shape index (κ3) is 3.85. The molecule has 1 N–H and O–H groups in total. The van der Waals surface area contributed by atoms with Gasteiger partial charge in [-0.25, -0.2) is 0 Å². The van der Waals surface area contributed by atoms with E-state index in [1.54, 1.807) is 0 Å². The van der Waals surface area contributed by atoms with Crippen LogP contribution in [0.4, 0.5) is 0 Å². The summed E-state index contributed by atoms with van der Waals surface area (Å²) in [6.45, 7) is 6.96. The van der Waals surface area contributed by atoms with Crippen molar-refractivity contribution in [1.82, 2.24) is 0 Å². The van der Waals surface area contributed by atoms with Gasteiger partial charge in [-0.1, -0.05) is 64.3 Å². The molecular formula is C19H30O. The molecule has 0 radical (unpaired) electrons. The van der Waals surface area contributed by atoms with Crippen LogP contribution >= 0.6 is 0 Å². The van der Waals surface area contributed by atoms with Crippen molar-refractivity contribution in [3.05, 3.63) is 35.4 Å². The lowest BCUT2D eigenvalue weighted by atomic mass is 9.78. The first-order valence-corrected chi connectivity index (χ1v) is 8.31. The lowest BCUT2D eigenvalue weighted by Crippen LogP contribution is -2.19. The molecule has 20 heavy (non-hydrogen) atoms. The van der Waals surface area contributed by atoms with Crippen LogP contribution in [0.2, 0.25) is 0 Å². The van der Waals surface area contributed by atoms with E-state index in [2.05, 4.69) is 45.0 Å². The molecule has 0 heterocycles. The molecule has 1 aromatic carbocycles. The van der Waals surface area contributed by atoms with Crippen molar-refractivity contribution in [2.24, 2.45) is 0 Å². The van der Waals surface area contributed by atoms with E-state index in [0.717, 1.165) is 19.3 Å². The average molecular weight is 274 g/mol. The van der Waals surface area contributed by atoms with Gasteiger partial charge in [0.1, 0.15) is 0 Å². The minimum absolute atomic E-state index is 0.0885. The second-order valence-electron chi connectivity index (χ2n) is 7.13. The zero-order chi connectivity index (χ0) is 14.6. The lowest BCUT2D eigenvalue weighted by molar-refractivity contribution is 0.119. The summed E-state index contributed by atoms with van der Waals surface area (Å²) in [5.74, 6) is 0.562. The van der Waals surface area contributed by atoms with Gasteiger partial charge in [0.05, 0.1) is 6.10 Å². The highest BCUT2D eigenvalue weighted by atomic mass is 16.3. The molecule has 1 aliphatic carbocycles. The zero-order valence-corrected chi connectivity index (χ0v) is 13.4. The van der Waals surface area contributed by atoms with Crippen molar-refractivity contribution >= 4 is 0 Å². The van der Waals surface area contributed by atoms with E-state index in [1.165, 1.54) is 36.8 Å². The molecule has 112 valence electrons. The van der Waals surface area contributed by atoms with Crippen molar-refractivity contribution in [3.63, 3.8) is 0 Å². The van der Waals surface area contributed by atoms with Gasteiger partial charge in [0.15, 0.2) is 0 Å². The van der Waals surface area contributed by atoms with Crippen LogP contribution in [0.15, 0.2) is 24.3 Å². The standard InChI is InChI=1S/C19H30O/c1-4-5-13-19(2,3)17-11-9-15(10-12-17)16-7-6-8-18(20)14-16/h9-12,16,18,20H,4-8,13-14H2,1-3H3/t16-,18+/m0/s1. The van der Waals surface area contributed by atoms with Crippen LogP contribution in [-0.4, -0.2) is 11.2 Å². The molecule has 2 rings (SSSR count). The van der Waals surface area contributed by atoms with Crippen LogP contribution in [0.3, 0.4) is 0 Å². The predicted molar refractivity (Wildman–Crippen MR) is 86.2 cm³/mol. The summed E-state index contributed by atoms with van der Waals surface area (Å²) in [4.78, 5) is 0. The minimum Gasteiger partial charge on any atom is -0.393 e. The number of aliphatic hydroxyl groups excluding tert-OH is 1. The Morgan fingerprint density at radius 3 is 2.45 bits per heavy atom. The molecular weight excluding hydrogens is 244 g/mol.